The predicted molar refractivity (Wildman–Crippen MR) is 66.9 cm³/mol. The Kier molecular flexibility index (Phi) is 3.06. The Morgan fingerprint density at radius 3 is 3.06 bits per heavy atom. The van der Waals surface area contributed by atoms with Crippen LogP contribution in [0.15, 0.2) is 24.3 Å². The van der Waals surface area contributed by atoms with Gasteiger partial charge in [-0.2, -0.15) is 4.80 Å². The molecule has 0 bridgehead atoms. The molecular formula is C13H16N4O. The van der Waals surface area contributed by atoms with Gasteiger partial charge in [0.1, 0.15) is 0 Å². The van der Waals surface area contributed by atoms with Crippen LogP contribution in [0.25, 0.3) is 11.4 Å². The molecule has 0 aliphatic carbocycles. The zero-order valence-corrected chi connectivity index (χ0v) is 10.4. The Morgan fingerprint density at radius 2 is 2.28 bits per heavy atom. The maximum Gasteiger partial charge on any atom is 0.205 e. The van der Waals surface area contributed by atoms with Crippen LogP contribution >= 0.6 is 0 Å². The average molecular weight is 244 g/mol. The van der Waals surface area contributed by atoms with Crippen LogP contribution in [-0.4, -0.2) is 33.4 Å². The van der Waals surface area contributed by atoms with Gasteiger partial charge in [0.25, 0.3) is 0 Å². The number of tetrazole rings is 1. The summed E-state index contributed by atoms with van der Waals surface area (Å²) in [6, 6.07) is 8.09. The summed E-state index contributed by atoms with van der Waals surface area (Å²) < 4.78 is 5.35. The third kappa shape index (κ3) is 2.26. The van der Waals surface area contributed by atoms with Crippen molar-refractivity contribution in [3.8, 4) is 11.4 Å². The maximum atomic E-state index is 5.35. The quantitative estimate of drug-likeness (QED) is 0.824. The Balaban J connectivity index is 1.79. The molecule has 0 spiro atoms. The molecule has 2 heterocycles. The first-order valence-corrected chi connectivity index (χ1v) is 6.24. The standard InChI is InChI=1S/C13H16N4O/c1-10-4-2-3-5-12(10)13-14-16-17(15-13)8-11-6-7-18-9-11/h2-5,11H,6-9H2,1H3/t11-/m0/s1. The molecule has 1 atom stereocenters. The summed E-state index contributed by atoms with van der Waals surface area (Å²) in [4.78, 5) is 1.68. The Hall–Kier alpha value is -1.75. The van der Waals surface area contributed by atoms with E-state index in [1.807, 2.05) is 18.2 Å². The number of aromatic nitrogens is 4. The number of nitrogens with zero attached hydrogens (tertiary/aromatic N) is 4. The van der Waals surface area contributed by atoms with Gasteiger partial charge in [-0.1, -0.05) is 24.3 Å². The third-order valence-electron chi connectivity index (χ3n) is 3.28. The maximum absolute atomic E-state index is 5.35. The van der Waals surface area contributed by atoms with Gasteiger partial charge in [-0.15, -0.1) is 10.2 Å². The average Bonchev–Trinajstić information content (AvgIpc) is 3.02. The highest BCUT2D eigenvalue weighted by Gasteiger charge is 2.18. The van der Waals surface area contributed by atoms with E-state index >= 15 is 0 Å². The number of hydrogen-bond donors (Lipinski definition) is 0. The summed E-state index contributed by atoms with van der Waals surface area (Å²) in [7, 11) is 0. The van der Waals surface area contributed by atoms with Gasteiger partial charge in [0, 0.05) is 18.1 Å². The van der Waals surface area contributed by atoms with Crippen molar-refractivity contribution in [3.05, 3.63) is 29.8 Å². The first-order chi connectivity index (χ1) is 8.83. The molecule has 94 valence electrons. The lowest BCUT2D eigenvalue weighted by Gasteiger charge is -2.04. The van der Waals surface area contributed by atoms with Crippen molar-refractivity contribution in [2.75, 3.05) is 13.2 Å². The van der Waals surface area contributed by atoms with E-state index in [0.29, 0.717) is 11.7 Å². The van der Waals surface area contributed by atoms with Gasteiger partial charge in [-0.25, -0.2) is 0 Å². The van der Waals surface area contributed by atoms with Crippen molar-refractivity contribution in [2.45, 2.75) is 19.9 Å². The molecule has 0 amide bonds. The fourth-order valence-electron chi connectivity index (χ4n) is 2.21. The van der Waals surface area contributed by atoms with E-state index in [1.54, 1.807) is 4.80 Å². The monoisotopic (exact) mass is 244 g/mol. The number of hydrogen-bond acceptors (Lipinski definition) is 4. The van der Waals surface area contributed by atoms with Crippen molar-refractivity contribution < 1.29 is 4.74 Å². The molecule has 18 heavy (non-hydrogen) atoms. The minimum absolute atomic E-state index is 0.518. The molecule has 2 aromatic rings. The van der Waals surface area contributed by atoms with Crippen LogP contribution in [0.2, 0.25) is 0 Å². The van der Waals surface area contributed by atoms with Crippen molar-refractivity contribution in [2.24, 2.45) is 5.92 Å². The molecule has 3 rings (SSSR count). The number of rotatable bonds is 3. The van der Waals surface area contributed by atoms with E-state index in [1.165, 1.54) is 5.56 Å². The van der Waals surface area contributed by atoms with Crippen LogP contribution in [0, 0.1) is 12.8 Å². The first kappa shape index (κ1) is 11.3. The summed E-state index contributed by atoms with van der Waals surface area (Å²) in [5.74, 6) is 1.22. The number of aryl methyl sites for hydroxylation is 1. The predicted octanol–water partition coefficient (Wildman–Crippen LogP) is 1.69. The molecule has 5 heteroatoms. The van der Waals surface area contributed by atoms with Crippen LogP contribution < -0.4 is 0 Å². The molecule has 1 aliphatic heterocycles. The van der Waals surface area contributed by atoms with Crippen LogP contribution in [0.3, 0.4) is 0 Å². The Morgan fingerprint density at radius 1 is 1.39 bits per heavy atom. The second kappa shape index (κ2) is 4.86. The molecule has 0 saturated carbocycles. The van der Waals surface area contributed by atoms with E-state index < -0.39 is 0 Å². The Labute approximate surface area is 106 Å². The first-order valence-electron chi connectivity index (χ1n) is 6.24. The SMILES string of the molecule is Cc1ccccc1-c1nnn(C[C@@H]2CCOC2)n1. The molecule has 1 aromatic heterocycles. The summed E-state index contributed by atoms with van der Waals surface area (Å²) >= 11 is 0. The minimum atomic E-state index is 0.518. The summed E-state index contributed by atoms with van der Waals surface area (Å²) in [5.41, 5.74) is 2.22. The van der Waals surface area contributed by atoms with Crippen molar-refractivity contribution >= 4 is 0 Å². The highest BCUT2D eigenvalue weighted by molar-refractivity contribution is 5.58. The smallest absolute Gasteiger partial charge is 0.205 e. The number of benzene rings is 1. The summed E-state index contributed by atoms with van der Waals surface area (Å²) in [6.45, 7) is 4.50. The van der Waals surface area contributed by atoms with Gasteiger partial charge in [-0.3, -0.25) is 0 Å². The lowest BCUT2D eigenvalue weighted by Crippen LogP contribution is -2.13. The third-order valence-corrected chi connectivity index (χ3v) is 3.28. The van der Waals surface area contributed by atoms with E-state index in [-0.39, 0.29) is 0 Å². The van der Waals surface area contributed by atoms with E-state index in [2.05, 4.69) is 28.4 Å². The molecule has 0 unspecified atom stereocenters. The van der Waals surface area contributed by atoms with Crippen LogP contribution in [0.5, 0.6) is 0 Å². The summed E-state index contributed by atoms with van der Waals surface area (Å²) in [5, 5.41) is 12.7. The normalized spacial score (nSPS) is 19.3. The second-order valence-electron chi connectivity index (χ2n) is 4.71. The summed E-state index contributed by atoms with van der Waals surface area (Å²) in [6.07, 6.45) is 1.08. The van der Waals surface area contributed by atoms with Crippen LogP contribution in [0.4, 0.5) is 0 Å². The fraction of sp³-hybridized carbons (Fsp3) is 0.462. The van der Waals surface area contributed by atoms with Gasteiger partial charge in [0.05, 0.1) is 13.2 Å². The van der Waals surface area contributed by atoms with Gasteiger partial charge >= 0.3 is 0 Å². The molecule has 0 radical (unpaired) electrons. The lowest BCUT2D eigenvalue weighted by molar-refractivity contribution is 0.180. The molecule has 0 N–H and O–H groups in total. The van der Waals surface area contributed by atoms with Crippen LogP contribution in [0.1, 0.15) is 12.0 Å². The van der Waals surface area contributed by atoms with Crippen molar-refractivity contribution in [1.29, 1.82) is 0 Å². The van der Waals surface area contributed by atoms with Gasteiger partial charge in [0.2, 0.25) is 5.82 Å². The highest BCUT2D eigenvalue weighted by Crippen LogP contribution is 2.19. The molecular weight excluding hydrogens is 228 g/mol. The van der Waals surface area contributed by atoms with Crippen LogP contribution in [-0.2, 0) is 11.3 Å². The molecule has 1 aromatic carbocycles. The highest BCUT2D eigenvalue weighted by atomic mass is 16.5. The van der Waals surface area contributed by atoms with E-state index in [9.17, 15) is 0 Å². The van der Waals surface area contributed by atoms with Crippen molar-refractivity contribution in [3.63, 3.8) is 0 Å². The lowest BCUT2D eigenvalue weighted by atomic mass is 10.1. The largest absolute Gasteiger partial charge is 0.381 e. The molecule has 5 nitrogen and oxygen atoms in total. The molecule has 1 aliphatic rings. The fourth-order valence-corrected chi connectivity index (χ4v) is 2.21. The second-order valence-corrected chi connectivity index (χ2v) is 4.71. The molecule has 1 fully saturated rings. The zero-order chi connectivity index (χ0) is 12.4. The van der Waals surface area contributed by atoms with Gasteiger partial charge < -0.3 is 4.74 Å². The topological polar surface area (TPSA) is 52.8 Å². The number of ether oxygens (including phenoxy) is 1. The molecule has 1 saturated heterocycles. The zero-order valence-electron chi connectivity index (χ0n) is 10.4. The van der Waals surface area contributed by atoms with Gasteiger partial charge in [0.15, 0.2) is 0 Å². The van der Waals surface area contributed by atoms with E-state index in [4.69, 9.17) is 4.74 Å². The van der Waals surface area contributed by atoms with Crippen molar-refractivity contribution in [1.82, 2.24) is 20.2 Å². The Bertz CT molecular complexity index is 531. The minimum Gasteiger partial charge on any atom is -0.381 e. The van der Waals surface area contributed by atoms with Gasteiger partial charge in [-0.05, 0) is 24.1 Å². The van der Waals surface area contributed by atoms with E-state index in [0.717, 1.165) is 31.7 Å².